The lowest BCUT2D eigenvalue weighted by molar-refractivity contribution is 0.112. The summed E-state index contributed by atoms with van der Waals surface area (Å²) in [7, 11) is 0. The maximum absolute atomic E-state index is 11.1. The maximum Gasteiger partial charge on any atom is 0.150 e. The van der Waals surface area contributed by atoms with E-state index in [0.717, 1.165) is 17.7 Å². The van der Waals surface area contributed by atoms with Crippen LogP contribution in [0.5, 0.6) is 0 Å². The predicted molar refractivity (Wildman–Crippen MR) is 110 cm³/mol. The molecule has 0 aliphatic rings. The number of aryl methyl sites for hydroxylation is 1. The second-order valence-electron chi connectivity index (χ2n) is 7.60. The Kier molecular flexibility index (Phi) is 4.94. The summed E-state index contributed by atoms with van der Waals surface area (Å²) >= 11 is 0. The molecule has 0 radical (unpaired) electrons. The van der Waals surface area contributed by atoms with E-state index in [2.05, 4.69) is 75.1 Å². The molecule has 0 saturated heterocycles. The van der Waals surface area contributed by atoms with Crippen molar-refractivity contribution in [2.24, 2.45) is 0 Å². The van der Waals surface area contributed by atoms with E-state index in [0.29, 0.717) is 5.56 Å². The molecule has 2 nitrogen and oxygen atoms in total. The van der Waals surface area contributed by atoms with Crippen LogP contribution in [-0.4, -0.2) is 6.29 Å². The molecule has 0 aliphatic heterocycles. The minimum Gasteiger partial charge on any atom is -0.310 e. The number of hydrogen-bond donors (Lipinski definition) is 0. The number of benzene rings is 3. The van der Waals surface area contributed by atoms with Crippen LogP contribution >= 0.6 is 0 Å². The molecular formula is C24H25NO. The van der Waals surface area contributed by atoms with E-state index in [1.807, 2.05) is 30.3 Å². The Balaban J connectivity index is 2.27. The van der Waals surface area contributed by atoms with Crippen molar-refractivity contribution >= 4 is 23.3 Å². The second-order valence-corrected chi connectivity index (χ2v) is 7.60. The van der Waals surface area contributed by atoms with Crippen molar-refractivity contribution in [3.63, 3.8) is 0 Å². The largest absolute Gasteiger partial charge is 0.310 e. The normalized spacial score (nSPS) is 11.2. The lowest BCUT2D eigenvalue weighted by Crippen LogP contribution is -2.20. The van der Waals surface area contributed by atoms with Crippen molar-refractivity contribution in [3.8, 4) is 0 Å². The van der Waals surface area contributed by atoms with Gasteiger partial charge in [0.15, 0.2) is 0 Å². The van der Waals surface area contributed by atoms with Crippen LogP contribution in [0.2, 0.25) is 0 Å². The topological polar surface area (TPSA) is 20.3 Å². The molecule has 0 aliphatic carbocycles. The average Bonchev–Trinajstić information content (AvgIpc) is 2.64. The Morgan fingerprint density at radius 1 is 0.769 bits per heavy atom. The quantitative estimate of drug-likeness (QED) is 0.499. The third-order valence-corrected chi connectivity index (χ3v) is 4.57. The van der Waals surface area contributed by atoms with Gasteiger partial charge in [0, 0.05) is 16.9 Å². The van der Waals surface area contributed by atoms with Gasteiger partial charge in [-0.05, 0) is 59.9 Å². The molecule has 0 amide bonds. The zero-order valence-electron chi connectivity index (χ0n) is 15.9. The molecule has 0 fully saturated rings. The van der Waals surface area contributed by atoms with Crippen LogP contribution in [0.25, 0.3) is 0 Å². The number of carbonyl (C=O) groups excluding carboxylic acids is 1. The number of carbonyl (C=O) groups is 1. The Morgan fingerprint density at radius 2 is 1.38 bits per heavy atom. The molecule has 0 atom stereocenters. The van der Waals surface area contributed by atoms with Crippen molar-refractivity contribution < 1.29 is 4.79 Å². The van der Waals surface area contributed by atoms with Gasteiger partial charge in [0.05, 0.1) is 5.69 Å². The first-order valence-corrected chi connectivity index (χ1v) is 8.92. The van der Waals surface area contributed by atoms with Crippen molar-refractivity contribution in [1.29, 1.82) is 0 Å². The van der Waals surface area contributed by atoms with Gasteiger partial charge in [-0.2, -0.15) is 0 Å². The smallest absolute Gasteiger partial charge is 0.150 e. The SMILES string of the molecule is Cc1cccc(C(C)(C)C)c1N(c1ccccc1)c1ccc(C=O)cc1. The first-order chi connectivity index (χ1) is 12.4. The number of anilines is 3. The highest BCUT2D eigenvalue weighted by atomic mass is 16.1. The fourth-order valence-corrected chi connectivity index (χ4v) is 3.25. The summed E-state index contributed by atoms with van der Waals surface area (Å²) in [5.74, 6) is 0. The number of aldehydes is 1. The van der Waals surface area contributed by atoms with E-state index < -0.39 is 0 Å². The highest BCUT2D eigenvalue weighted by Crippen LogP contribution is 2.42. The first-order valence-electron chi connectivity index (χ1n) is 8.92. The van der Waals surface area contributed by atoms with Gasteiger partial charge >= 0.3 is 0 Å². The van der Waals surface area contributed by atoms with E-state index in [-0.39, 0.29) is 5.41 Å². The molecule has 0 bridgehead atoms. The molecule has 3 rings (SSSR count). The Hall–Kier alpha value is -2.87. The minimum absolute atomic E-state index is 0.0110. The van der Waals surface area contributed by atoms with Crippen LogP contribution in [0.1, 0.15) is 42.3 Å². The summed E-state index contributed by atoms with van der Waals surface area (Å²) < 4.78 is 0. The highest BCUT2D eigenvalue weighted by Gasteiger charge is 2.24. The number of rotatable bonds is 4. The van der Waals surface area contributed by atoms with Crippen molar-refractivity contribution in [2.75, 3.05) is 4.90 Å². The van der Waals surface area contributed by atoms with Crippen LogP contribution in [-0.2, 0) is 5.41 Å². The van der Waals surface area contributed by atoms with Gasteiger partial charge in [0.1, 0.15) is 6.29 Å². The standard InChI is InChI=1S/C24H25NO/c1-18-9-8-12-22(24(2,3)4)23(18)25(20-10-6-5-7-11-20)21-15-13-19(17-26)14-16-21/h5-17H,1-4H3. The molecular weight excluding hydrogens is 318 g/mol. The lowest BCUT2D eigenvalue weighted by Gasteiger charge is -2.33. The van der Waals surface area contributed by atoms with Gasteiger partial charge in [-0.25, -0.2) is 0 Å². The monoisotopic (exact) mass is 343 g/mol. The summed E-state index contributed by atoms with van der Waals surface area (Å²) in [6.45, 7) is 8.87. The lowest BCUT2D eigenvalue weighted by atomic mass is 9.84. The van der Waals surface area contributed by atoms with Gasteiger partial charge < -0.3 is 4.90 Å². The Bertz CT molecular complexity index is 890. The molecule has 0 N–H and O–H groups in total. The summed E-state index contributed by atoms with van der Waals surface area (Å²) in [5, 5.41) is 0. The van der Waals surface area contributed by atoms with Crippen LogP contribution in [0, 0.1) is 6.92 Å². The minimum atomic E-state index is 0.0110. The second kappa shape index (κ2) is 7.17. The molecule has 3 aromatic carbocycles. The van der Waals surface area contributed by atoms with Crippen molar-refractivity contribution in [2.45, 2.75) is 33.1 Å². The third kappa shape index (κ3) is 3.55. The van der Waals surface area contributed by atoms with E-state index in [1.54, 1.807) is 0 Å². The van der Waals surface area contributed by atoms with Crippen LogP contribution in [0.3, 0.4) is 0 Å². The van der Waals surface area contributed by atoms with E-state index in [4.69, 9.17) is 0 Å². The zero-order chi connectivity index (χ0) is 18.7. The fourth-order valence-electron chi connectivity index (χ4n) is 3.25. The summed E-state index contributed by atoms with van der Waals surface area (Å²) in [5.41, 5.74) is 6.55. The van der Waals surface area contributed by atoms with Crippen molar-refractivity contribution in [1.82, 2.24) is 0 Å². The van der Waals surface area contributed by atoms with E-state index in [9.17, 15) is 4.79 Å². The highest BCUT2D eigenvalue weighted by molar-refractivity contribution is 5.83. The zero-order valence-corrected chi connectivity index (χ0v) is 15.9. The van der Waals surface area contributed by atoms with Gasteiger partial charge in [-0.3, -0.25) is 4.79 Å². The van der Waals surface area contributed by atoms with Crippen LogP contribution in [0.4, 0.5) is 17.1 Å². The molecule has 0 spiro atoms. The molecule has 0 saturated carbocycles. The van der Waals surface area contributed by atoms with Gasteiger partial charge in [0.25, 0.3) is 0 Å². The van der Waals surface area contributed by atoms with Crippen LogP contribution in [0.15, 0.2) is 72.8 Å². The summed E-state index contributed by atoms with van der Waals surface area (Å²) in [4.78, 5) is 13.3. The molecule has 132 valence electrons. The number of para-hydroxylation sites is 2. The van der Waals surface area contributed by atoms with Gasteiger partial charge in [-0.15, -0.1) is 0 Å². The molecule has 3 aromatic rings. The molecule has 0 heterocycles. The summed E-state index contributed by atoms with van der Waals surface area (Å²) in [6.07, 6.45) is 0.880. The molecule has 26 heavy (non-hydrogen) atoms. The predicted octanol–water partition coefficient (Wildman–Crippen LogP) is 6.57. The molecule has 2 heteroatoms. The van der Waals surface area contributed by atoms with Crippen molar-refractivity contribution in [3.05, 3.63) is 89.5 Å². The maximum atomic E-state index is 11.1. The van der Waals surface area contributed by atoms with E-state index in [1.165, 1.54) is 16.8 Å². The first kappa shape index (κ1) is 17.9. The summed E-state index contributed by atoms with van der Waals surface area (Å²) in [6, 6.07) is 24.6. The molecule has 0 aromatic heterocycles. The third-order valence-electron chi connectivity index (χ3n) is 4.57. The van der Waals surface area contributed by atoms with Gasteiger partial charge in [0.2, 0.25) is 0 Å². The van der Waals surface area contributed by atoms with Crippen LogP contribution < -0.4 is 4.90 Å². The number of hydrogen-bond acceptors (Lipinski definition) is 2. The fraction of sp³-hybridized carbons (Fsp3) is 0.208. The number of nitrogens with zero attached hydrogens (tertiary/aromatic N) is 1. The Morgan fingerprint density at radius 3 is 1.96 bits per heavy atom. The van der Waals surface area contributed by atoms with Gasteiger partial charge in [-0.1, -0.05) is 57.2 Å². The van der Waals surface area contributed by atoms with E-state index >= 15 is 0 Å². The molecule has 0 unspecified atom stereocenters. The average molecular weight is 343 g/mol. The Labute approximate surface area is 156 Å².